The van der Waals surface area contributed by atoms with Gasteiger partial charge in [-0.3, -0.25) is 14.7 Å². The molecule has 1 aliphatic heterocycles. The maximum absolute atomic E-state index is 11.4. The van der Waals surface area contributed by atoms with Crippen molar-refractivity contribution in [1.29, 1.82) is 0 Å². The second kappa shape index (κ2) is 12.9. The van der Waals surface area contributed by atoms with Crippen molar-refractivity contribution < 1.29 is 9.53 Å². The lowest BCUT2D eigenvalue weighted by Crippen LogP contribution is -2.44. The van der Waals surface area contributed by atoms with E-state index in [1.807, 2.05) is 6.92 Å². The largest absolute Gasteiger partial charge is 0.466 e. The van der Waals surface area contributed by atoms with Crippen LogP contribution in [0, 0.1) is 0 Å². The highest BCUT2D eigenvalue weighted by Crippen LogP contribution is 2.20. The van der Waals surface area contributed by atoms with Crippen molar-refractivity contribution in [2.45, 2.75) is 51.7 Å². The van der Waals surface area contributed by atoms with E-state index in [0.717, 1.165) is 31.9 Å². The van der Waals surface area contributed by atoms with Crippen LogP contribution in [0.15, 0.2) is 35.3 Å². The van der Waals surface area contributed by atoms with Crippen molar-refractivity contribution in [2.24, 2.45) is 4.99 Å². The number of guanidine groups is 1. The first-order chi connectivity index (χ1) is 12.6. The third-order valence-electron chi connectivity index (χ3n) is 4.65. The van der Waals surface area contributed by atoms with Gasteiger partial charge in [-0.25, -0.2) is 0 Å². The minimum absolute atomic E-state index is 0. The Labute approximate surface area is 180 Å². The van der Waals surface area contributed by atoms with Crippen molar-refractivity contribution in [2.75, 3.05) is 26.7 Å². The fourth-order valence-corrected chi connectivity index (χ4v) is 3.30. The van der Waals surface area contributed by atoms with Crippen LogP contribution in [0.1, 0.15) is 38.7 Å². The number of carbonyl (C=O) groups is 1. The van der Waals surface area contributed by atoms with Gasteiger partial charge in [0.1, 0.15) is 0 Å². The molecular formula is C20H33IN4O2. The quantitative estimate of drug-likeness (QED) is 0.194. The molecule has 1 fully saturated rings. The van der Waals surface area contributed by atoms with E-state index in [9.17, 15) is 4.79 Å². The summed E-state index contributed by atoms with van der Waals surface area (Å²) < 4.78 is 4.94. The number of nitrogens with one attached hydrogen (secondary N) is 2. The molecule has 2 unspecified atom stereocenters. The van der Waals surface area contributed by atoms with E-state index in [2.05, 4.69) is 57.8 Å². The van der Waals surface area contributed by atoms with Gasteiger partial charge in [-0.1, -0.05) is 30.3 Å². The van der Waals surface area contributed by atoms with Gasteiger partial charge < -0.3 is 15.4 Å². The Bertz CT molecular complexity index is 583. The Morgan fingerprint density at radius 3 is 2.74 bits per heavy atom. The fourth-order valence-electron chi connectivity index (χ4n) is 3.30. The molecule has 2 atom stereocenters. The number of hydrogen-bond acceptors (Lipinski definition) is 4. The van der Waals surface area contributed by atoms with Crippen molar-refractivity contribution in [3.8, 4) is 0 Å². The summed E-state index contributed by atoms with van der Waals surface area (Å²) in [7, 11) is 1.78. The summed E-state index contributed by atoms with van der Waals surface area (Å²) >= 11 is 0. The smallest absolute Gasteiger partial charge is 0.305 e. The minimum Gasteiger partial charge on any atom is -0.466 e. The first kappa shape index (κ1) is 23.7. The molecule has 0 bridgehead atoms. The van der Waals surface area contributed by atoms with Gasteiger partial charge in [0.2, 0.25) is 0 Å². The number of esters is 1. The average molecular weight is 488 g/mol. The fraction of sp³-hybridized carbons (Fsp3) is 0.600. The highest BCUT2D eigenvalue weighted by Gasteiger charge is 2.29. The van der Waals surface area contributed by atoms with Crippen LogP contribution < -0.4 is 10.6 Å². The number of hydrogen-bond donors (Lipinski definition) is 2. The molecule has 0 aliphatic carbocycles. The van der Waals surface area contributed by atoms with E-state index in [4.69, 9.17) is 4.74 Å². The lowest BCUT2D eigenvalue weighted by molar-refractivity contribution is -0.143. The molecule has 0 saturated carbocycles. The van der Waals surface area contributed by atoms with Crippen molar-refractivity contribution in [1.82, 2.24) is 15.5 Å². The lowest BCUT2D eigenvalue weighted by Gasteiger charge is -2.21. The molecule has 1 heterocycles. The van der Waals surface area contributed by atoms with Gasteiger partial charge in [0, 0.05) is 45.2 Å². The van der Waals surface area contributed by atoms with E-state index in [1.54, 1.807) is 7.05 Å². The predicted molar refractivity (Wildman–Crippen MR) is 120 cm³/mol. The molecule has 2 N–H and O–H groups in total. The molecule has 0 radical (unpaired) electrons. The van der Waals surface area contributed by atoms with E-state index in [1.165, 1.54) is 5.56 Å². The number of halogens is 1. The average Bonchev–Trinajstić information content (AvgIpc) is 2.98. The van der Waals surface area contributed by atoms with E-state index >= 15 is 0 Å². The first-order valence-electron chi connectivity index (χ1n) is 9.53. The normalized spacial score (nSPS) is 20.0. The van der Waals surface area contributed by atoms with E-state index in [-0.39, 0.29) is 29.9 Å². The number of aliphatic imine (C=N–C) groups is 1. The Morgan fingerprint density at radius 1 is 1.33 bits per heavy atom. The number of nitrogens with zero attached hydrogens (tertiary/aromatic N) is 2. The van der Waals surface area contributed by atoms with Crippen LogP contribution in [0.25, 0.3) is 0 Å². The van der Waals surface area contributed by atoms with Gasteiger partial charge in [-0.15, -0.1) is 24.0 Å². The molecule has 0 aromatic heterocycles. The van der Waals surface area contributed by atoms with Crippen molar-refractivity contribution in [3.05, 3.63) is 35.9 Å². The zero-order valence-electron chi connectivity index (χ0n) is 16.6. The maximum Gasteiger partial charge on any atom is 0.305 e. The SMILES string of the molecule is CCOC(=O)CCCNC(=NC)NC1CC(C)N(Cc2ccccc2)C1.I. The van der Waals surface area contributed by atoms with Gasteiger partial charge >= 0.3 is 5.97 Å². The van der Waals surface area contributed by atoms with Crippen molar-refractivity contribution >= 4 is 35.9 Å². The molecule has 1 saturated heterocycles. The molecule has 7 heteroatoms. The number of ether oxygens (including phenoxy) is 1. The van der Waals surface area contributed by atoms with Crippen LogP contribution in [0.3, 0.4) is 0 Å². The summed E-state index contributed by atoms with van der Waals surface area (Å²) in [5.74, 6) is 0.658. The summed E-state index contributed by atoms with van der Waals surface area (Å²) in [5, 5.41) is 6.79. The molecule has 152 valence electrons. The van der Waals surface area contributed by atoms with Crippen LogP contribution >= 0.6 is 24.0 Å². The second-order valence-electron chi connectivity index (χ2n) is 6.75. The van der Waals surface area contributed by atoms with Crippen LogP contribution in [0.4, 0.5) is 0 Å². The molecule has 0 amide bonds. The Morgan fingerprint density at radius 2 is 2.07 bits per heavy atom. The van der Waals surface area contributed by atoms with E-state index in [0.29, 0.717) is 31.7 Å². The number of likely N-dealkylation sites (tertiary alicyclic amines) is 1. The maximum atomic E-state index is 11.4. The topological polar surface area (TPSA) is 66.0 Å². The molecule has 1 aromatic carbocycles. The Hall–Kier alpha value is -1.35. The summed E-state index contributed by atoms with van der Waals surface area (Å²) in [6, 6.07) is 11.5. The molecule has 0 spiro atoms. The van der Waals surface area contributed by atoms with Crippen molar-refractivity contribution in [3.63, 3.8) is 0 Å². The summed E-state index contributed by atoms with van der Waals surface area (Å²) in [5.41, 5.74) is 1.35. The molecule has 1 aliphatic rings. The van der Waals surface area contributed by atoms with Gasteiger partial charge in [0.15, 0.2) is 5.96 Å². The standard InChI is InChI=1S/C20H32N4O2.HI/c1-4-26-19(25)11-8-12-22-20(21-3)23-18-13-16(2)24(15-18)14-17-9-6-5-7-10-17;/h5-7,9-10,16,18H,4,8,11-15H2,1-3H3,(H2,21,22,23);1H. The molecule has 1 aromatic rings. The zero-order chi connectivity index (χ0) is 18.8. The third kappa shape index (κ3) is 8.47. The summed E-state index contributed by atoms with van der Waals surface area (Å²) in [6.45, 7) is 7.22. The zero-order valence-corrected chi connectivity index (χ0v) is 18.9. The number of rotatable bonds is 8. The molecule has 27 heavy (non-hydrogen) atoms. The lowest BCUT2D eigenvalue weighted by atomic mass is 10.2. The number of carbonyl (C=O) groups excluding carboxylic acids is 1. The molecular weight excluding hydrogens is 455 g/mol. The van der Waals surface area contributed by atoms with E-state index < -0.39 is 0 Å². The van der Waals surface area contributed by atoms with Crippen LogP contribution in [0.5, 0.6) is 0 Å². The Balaban J connectivity index is 0.00000364. The first-order valence-corrected chi connectivity index (χ1v) is 9.53. The van der Waals surface area contributed by atoms with Gasteiger partial charge in [0.05, 0.1) is 6.61 Å². The Kier molecular flexibility index (Phi) is 11.3. The highest BCUT2D eigenvalue weighted by atomic mass is 127. The van der Waals surface area contributed by atoms with Gasteiger partial charge in [0.25, 0.3) is 0 Å². The van der Waals surface area contributed by atoms with Crippen LogP contribution in [-0.4, -0.2) is 55.7 Å². The monoisotopic (exact) mass is 488 g/mol. The highest BCUT2D eigenvalue weighted by molar-refractivity contribution is 14.0. The molecule has 2 rings (SSSR count). The van der Waals surface area contributed by atoms with Gasteiger partial charge in [-0.05, 0) is 32.3 Å². The predicted octanol–water partition coefficient (Wildman–Crippen LogP) is 2.78. The second-order valence-corrected chi connectivity index (χ2v) is 6.75. The minimum atomic E-state index is -0.140. The summed E-state index contributed by atoms with van der Waals surface area (Å²) in [4.78, 5) is 18.2. The van der Waals surface area contributed by atoms with Gasteiger partial charge in [-0.2, -0.15) is 0 Å². The van der Waals surface area contributed by atoms with Crippen LogP contribution in [-0.2, 0) is 16.1 Å². The number of benzene rings is 1. The molecule has 6 nitrogen and oxygen atoms in total. The third-order valence-corrected chi connectivity index (χ3v) is 4.65. The van der Waals surface area contributed by atoms with Crippen LogP contribution in [0.2, 0.25) is 0 Å². The summed E-state index contributed by atoms with van der Waals surface area (Å²) in [6.07, 6.45) is 2.26.